The fourth-order valence-corrected chi connectivity index (χ4v) is 3.31. The molecule has 0 bridgehead atoms. The average molecular weight is 323 g/mol. The minimum absolute atomic E-state index is 0.0136. The Bertz CT molecular complexity index is 808. The van der Waals surface area contributed by atoms with Crippen LogP contribution >= 0.6 is 0 Å². The molecule has 3 heterocycles. The number of nitrogen functional groups attached to an aromatic ring is 1. The molecule has 2 aliphatic rings. The van der Waals surface area contributed by atoms with E-state index in [2.05, 4.69) is 9.97 Å². The molecule has 1 atom stereocenters. The van der Waals surface area contributed by atoms with Crippen LogP contribution in [0.3, 0.4) is 0 Å². The molecule has 2 aliphatic heterocycles. The van der Waals surface area contributed by atoms with Crippen LogP contribution in [-0.4, -0.2) is 33.2 Å². The van der Waals surface area contributed by atoms with Crippen LogP contribution in [0, 0.1) is 5.92 Å². The molecule has 2 N–H and O–H groups in total. The third-order valence-corrected chi connectivity index (χ3v) is 4.53. The van der Waals surface area contributed by atoms with Crippen LogP contribution in [0.15, 0.2) is 36.5 Å². The average Bonchev–Trinajstić information content (AvgIpc) is 3.18. The predicted molar refractivity (Wildman–Crippen MR) is 87.6 cm³/mol. The van der Waals surface area contributed by atoms with E-state index in [-0.39, 0.29) is 30.1 Å². The normalized spacial score (nSPS) is 19.7. The van der Waals surface area contributed by atoms with Gasteiger partial charge in [0.2, 0.25) is 17.8 Å². The highest BCUT2D eigenvalue weighted by Crippen LogP contribution is 2.29. The summed E-state index contributed by atoms with van der Waals surface area (Å²) in [5, 5.41) is 0. The molecule has 0 aliphatic carbocycles. The Hall–Kier alpha value is -2.96. The van der Waals surface area contributed by atoms with E-state index < -0.39 is 0 Å². The topological polar surface area (TPSA) is 92.4 Å². The lowest BCUT2D eigenvalue weighted by Gasteiger charge is -2.20. The van der Waals surface area contributed by atoms with Crippen LogP contribution < -0.4 is 10.6 Å². The van der Waals surface area contributed by atoms with Gasteiger partial charge < -0.3 is 15.5 Å². The third-order valence-electron chi connectivity index (χ3n) is 4.53. The standard InChI is InChI=1S/C17H17N5O2/c18-17-19-7-12-8-21(10-14(12)20-17)16(24)11-6-15(23)22(9-11)13-4-2-1-3-5-13/h1-5,7,11H,6,8-10H2,(H2,18,19,20). The summed E-state index contributed by atoms with van der Waals surface area (Å²) in [6.07, 6.45) is 1.91. The largest absolute Gasteiger partial charge is 0.368 e. The Balaban J connectivity index is 1.48. The molecule has 1 fully saturated rings. The van der Waals surface area contributed by atoms with Crippen LogP contribution in [0.2, 0.25) is 0 Å². The molecule has 0 spiro atoms. The van der Waals surface area contributed by atoms with Crippen molar-refractivity contribution < 1.29 is 9.59 Å². The Kier molecular flexibility index (Phi) is 3.41. The van der Waals surface area contributed by atoms with Gasteiger partial charge in [-0.05, 0) is 12.1 Å². The van der Waals surface area contributed by atoms with Gasteiger partial charge in [0.05, 0.1) is 18.2 Å². The Labute approximate surface area is 139 Å². The number of para-hydroxylation sites is 1. The predicted octanol–water partition coefficient (Wildman–Crippen LogP) is 0.954. The summed E-state index contributed by atoms with van der Waals surface area (Å²) in [4.78, 5) is 36.6. The van der Waals surface area contributed by atoms with Crippen molar-refractivity contribution in [2.75, 3.05) is 17.2 Å². The number of benzene rings is 1. The number of fused-ring (bicyclic) bond motifs is 1. The maximum Gasteiger partial charge on any atom is 0.228 e. The van der Waals surface area contributed by atoms with Gasteiger partial charge in [-0.2, -0.15) is 0 Å². The molecule has 1 aromatic heterocycles. The summed E-state index contributed by atoms with van der Waals surface area (Å²) in [5.74, 6) is -0.134. The van der Waals surface area contributed by atoms with Crippen molar-refractivity contribution in [2.24, 2.45) is 5.92 Å². The fraction of sp³-hybridized carbons (Fsp3) is 0.294. The van der Waals surface area contributed by atoms with Crippen molar-refractivity contribution in [2.45, 2.75) is 19.5 Å². The Morgan fingerprint density at radius 1 is 1.21 bits per heavy atom. The van der Waals surface area contributed by atoms with Gasteiger partial charge in [0.1, 0.15) is 0 Å². The quantitative estimate of drug-likeness (QED) is 0.888. The second-order valence-electron chi connectivity index (χ2n) is 6.14. The second-order valence-corrected chi connectivity index (χ2v) is 6.14. The lowest BCUT2D eigenvalue weighted by Crippen LogP contribution is -2.34. The van der Waals surface area contributed by atoms with Gasteiger partial charge in [0, 0.05) is 37.0 Å². The first-order chi connectivity index (χ1) is 11.6. The Morgan fingerprint density at radius 3 is 2.79 bits per heavy atom. The van der Waals surface area contributed by atoms with Gasteiger partial charge in [-0.15, -0.1) is 0 Å². The molecule has 2 amide bonds. The summed E-state index contributed by atoms with van der Waals surface area (Å²) in [6.45, 7) is 1.32. The lowest BCUT2D eigenvalue weighted by atomic mass is 10.1. The van der Waals surface area contributed by atoms with Crippen LogP contribution in [0.25, 0.3) is 0 Å². The molecule has 7 nitrogen and oxygen atoms in total. The van der Waals surface area contributed by atoms with Gasteiger partial charge in [-0.25, -0.2) is 9.97 Å². The van der Waals surface area contributed by atoms with E-state index in [1.54, 1.807) is 16.0 Å². The first-order valence-electron chi connectivity index (χ1n) is 7.86. The van der Waals surface area contributed by atoms with E-state index >= 15 is 0 Å². The number of carbonyl (C=O) groups excluding carboxylic acids is 2. The summed E-state index contributed by atoms with van der Waals surface area (Å²) >= 11 is 0. The minimum Gasteiger partial charge on any atom is -0.368 e. The van der Waals surface area contributed by atoms with Crippen molar-refractivity contribution in [3.8, 4) is 0 Å². The summed E-state index contributed by atoms with van der Waals surface area (Å²) in [7, 11) is 0. The smallest absolute Gasteiger partial charge is 0.228 e. The van der Waals surface area contributed by atoms with E-state index in [0.717, 1.165) is 16.9 Å². The molecule has 1 unspecified atom stereocenters. The van der Waals surface area contributed by atoms with Gasteiger partial charge in [0.15, 0.2) is 0 Å². The maximum atomic E-state index is 12.8. The number of carbonyl (C=O) groups is 2. The number of hydrogen-bond acceptors (Lipinski definition) is 5. The number of nitrogens with zero attached hydrogens (tertiary/aromatic N) is 4. The molecular weight excluding hydrogens is 306 g/mol. The van der Waals surface area contributed by atoms with Crippen molar-refractivity contribution in [3.05, 3.63) is 47.8 Å². The molecule has 2 aromatic rings. The van der Waals surface area contributed by atoms with Crippen molar-refractivity contribution in [3.63, 3.8) is 0 Å². The second kappa shape index (κ2) is 5.59. The Morgan fingerprint density at radius 2 is 2.00 bits per heavy atom. The molecular formula is C17H17N5O2. The third kappa shape index (κ3) is 2.47. The first-order valence-corrected chi connectivity index (χ1v) is 7.86. The summed E-state index contributed by atoms with van der Waals surface area (Å²) in [6, 6.07) is 9.44. The summed E-state index contributed by atoms with van der Waals surface area (Å²) in [5.41, 5.74) is 8.14. The number of hydrogen-bond donors (Lipinski definition) is 1. The highest BCUT2D eigenvalue weighted by molar-refractivity contribution is 6.00. The zero-order valence-electron chi connectivity index (χ0n) is 13.1. The number of rotatable bonds is 2. The van der Waals surface area contributed by atoms with Crippen molar-refractivity contribution >= 4 is 23.5 Å². The highest BCUT2D eigenvalue weighted by Gasteiger charge is 2.38. The molecule has 0 radical (unpaired) electrons. The van der Waals surface area contributed by atoms with E-state index in [9.17, 15) is 9.59 Å². The molecule has 1 saturated heterocycles. The SMILES string of the molecule is Nc1ncc2c(n1)CN(C(=O)C1CC(=O)N(c3ccccc3)C1)C2. The number of nitrogens with two attached hydrogens (primary N) is 1. The molecule has 0 saturated carbocycles. The fourth-order valence-electron chi connectivity index (χ4n) is 3.31. The van der Waals surface area contributed by atoms with Gasteiger partial charge in [-0.3, -0.25) is 9.59 Å². The molecule has 7 heteroatoms. The monoisotopic (exact) mass is 323 g/mol. The van der Waals surface area contributed by atoms with Crippen LogP contribution in [-0.2, 0) is 22.7 Å². The first kappa shape index (κ1) is 14.6. The van der Waals surface area contributed by atoms with Crippen LogP contribution in [0.1, 0.15) is 17.7 Å². The van der Waals surface area contributed by atoms with Gasteiger partial charge in [-0.1, -0.05) is 18.2 Å². The lowest BCUT2D eigenvalue weighted by molar-refractivity contribution is -0.136. The highest BCUT2D eigenvalue weighted by atomic mass is 16.2. The molecule has 122 valence electrons. The van der Waals surface area contributed by atoms with Crippen LogP contribution in [0.4, 0.5) is 11.6 Å². The van der Waals surface area contributed by atoms with Gasteiger partial charge in [0.25, 0.3) is 0 Å². The number of aromatic nitrogens is 2. The van der Waals surface area contributed by atoms with E-state index in [4.69, 9.17) is 5.73 Å². The molecule has 24 heavy (non-hydrogen) atoms. The number of anilines is 2. The zero-order valence-corrected chi connectivity index (χ0v) is 13.1. The summed E-state index contributed by atoms with van der Waals surface area (Å²) < 4.78 is 0. The minimum atomic E-state index is -0.322. The number of amides is 2. The zero-order chi connectivity index (χ0) is 16.7. The van der Waals surface area contributed by atoms with Gasteiger partial charge >= 0.3 is 0 Å². The van der Waals surface area contributed by atoms with E-state index in [0.29, 0.717) is 19.6 Å². The van der Waals surface area contributed by atoms with Crippen LogP contribution in [0.5, 0.6) is 0 Å². The van der Waals surface area contributed by atoms with Crippen molar-refractivity contribution in [1.29, 1.82) is 0 Å². The van der Waals surface area contributed by atoms with E-state index in [1.807, 2.05) is 30.3 Å². The molecule has 1 aromatic carbocycles. The van der Waals surface area contributed by atoms with E-state index in [1.165, 1.54) is 0 Å². The van der Waals surface area contributed by atoms with Crippen molar-refractivity contribution in [1.82, 2.24) is 14.9 Å². The molecule has 4 rings (SSSR count). The maximum absolute atomic E-state index is 12.8.